The second kappa shape index (κ2) is 13.2. The fourth-order valence-corrected chi connectivity index (χ4v) is 5.14. The fraction of sp³-hybridized carbons (Fsp3) is 0.483. The number of nitrogens with two attached hydrogens (primary N) is 1. The number of hydrogen-bond donors (Lipinski definition) is 2. The van der Waals surface area contributed by atoms with E-state index in [4.69, 9.17) is 10.9 Å². The first-order valence-corrected chi connectivity index (χ1v) is 13.3. The molecule has 0 saturated carbocycles. The number of para-hydroxylation sites is 2. The van der Waals surface area contributed by atoms with E-state index in [1.54, 1.807) is 18.2 Å². The lowest BCUT2D eigenvalue weighted by Crippen LogP contribution is -2.44. The summed E-state index contributed by atoms with van der Waals surface area (Å²) in [4.78, 5) is 20.8. The van der Waals surface area contributed by atoms with Gasteiger partial charge in [-0.1, -0.05) is 62.2 Å². The number of likely N-dealkylation sites (tertiary alicyclic amines) is 1. The van der Waals surface area contributed by atoms with Crippen LogP contribution >= 0.6 is 0 Å². The van der Waals surface area contributed by atoms with Crippen molar-refractivity contribution >= 4 is 16.9 Å². The number of unbranched alkanes of at least 4 members (excludes halogenated alkanes) is 2. The van der Waals surface area contributed by atoms with Gasteiger partial charge in [-0.05, 0) is 64.3 Å². The molecule has 194 valence electrons. The second-order valence-corrected chi connectivity index (χ2v) is 9.40. The van der Waals surface area contributed by atoms with E-state index in [-0.39, 0.29) is 11.4 Å². The summed E-state index contributed by atoms with van der Waals surface area (Å²) in [7, 11) is 0. The fourth-order valence-electron chi connectivity index (χ4n) is 5.14. The van der Waals surface area contributed by atoms with Crippen LogP contribution in [0, 0.1) is 0 Å². The zero-order valence-corrected chi connectivity index (χ0v) is 22.2. The number of aryl methyl sites for hydroxylation is 1. The van der Waals surface area contributed by atoms with Gasteiger partial charge in [0.25, 0.3) is 5.56 Å². The van der Waals surface area contributed by atoms with Crippen molar-refractivity contribution in [3.63, 3.8) is 0 Å². The number of piperidine rings is 1. The van der Waals surface area contributed by atoms with Crippen molar-refractivity contribution in [2.24, 2.45) is 10.9 Å². The van der Waals surface area contributed by atoms with Gasteiger partial charge in [-0.15, -0.1) is 0 Å². The Labute approximate surface area is 214 Å². The molecule has 1 aromatic heterocycles. The Kier molecular flexibility index (Phi) is 10.1. The molecule has 0 bridgehead atoms. The topological polar surface area (TPSA) is 96.7 Å². The predicted molar refractivity (Wildman–Crippen MR) is 149 cm³/mol. The van der Waals surface area contributed by atoms with Crippen LogP contribution in [-0.2, 0) is 6.54 Å². The van der Waals surface area contributed by atoms with E-state index in [1.165, 1.54) is 19.3 Å². The summed E-state index contributed by atoms with van der Waals surface area (Å²) in [5, 5.41) is 12.1. The van der Waals surface area contributed by atoms with Crippen LogP contribution in [0.4, 0.5) is 0 Å². The summed E-state index contributed by atoms with van der Waals surface area (Å²) in [6.07, 6.45) is 7.08. The van der Waals surface area contributed by atoms with Crippen molar-refractivity contribution in [2.75, 3.05) is 6.54 Å². The molecule has 36 heavy (non-hydrogen) atoms. The third kappa shape index (κ3) is 6.32. The Hall–Kier alpha value is -3.19. The third-order valence-electron chi connectivity index (χ3n) is 7.07. The number of hydrogen-bond acceptors (Lipinski definition) is 5. The molecule has 3 N–H and O–H groups in total. The first kappa shape index (κ1) is 27.4. The largest absolute Gasteiger partial charge is 0.409 e. The average molecular weight is 492 g/mol. The normalized spacial score (nSPS) is 18.6. The predicted octanol–water partition coefficient (Wildman–Crippen LogP) is 5.62. The highest BCUT2D eigenvalue weighted by Crippen LogP contribution is 2.23. The van der Waals surface area contributed by atoms with Crippen LogP contribution in [-0.4, -0.2) is 44.1 Å². The molecule has 0 aliphatic carbocycles. The van der Waals surface area contributed by atoms with Gasteiger partial charge in [0, 0.05) is 29.8 Å². The van der Waals surface area contributed by atoms with Crippen LogP contribution in [0.1, 0.15) is 71.8 Å². The van der Waals surface area contributed by atoms with Gasteiger partial charge in [0.05, 0.1) is 11.0 Å². The summed E-state index contributed by atoms with van der Waals surface area (Å²) in [5.41, 5.74) is 8.84. The van der Waals surface area contributed by atoms with Gasteiger partial charge < -0.3 is 15.5 Å². The number of rotatable bonds is 8. The number of fused-ring (bicyclic) bond motifs is 1. The number of aromatic nitrogens is 2. The summed E-state index contributed by atoms with van der Waals surface area (Å²) in [5.74, 6) is 0.000284. The van der Waals surface area contributed by atoms with E-state index in [0.717, 1.165) is 36.8 Å². The quantitative estimate of drug-likeness (QED) is 0.140. The number of oxime groups is 1. The molecule has 0 spiro atoms. The maximum absolute atomic E-state index is 13.5. The number of benzene rings is 2. The standard InChI is InChI=1S/C27H35N5O2.C2H6/c1-19-10-8-11-20(2)31(19)16-6-3-7-17-32-24-15-5-4-14-23(24)29-25(27(32)33)21-12-9-13-22(18-21)26(28)30-34;1-2/h4-5,9,12-15,18-20,34H,3,6-8,10-11,16-17H2,1-2H3,(H2,28,30);1-2H3. The maximum Gasteiger partial charge on any atom is 0.277 e. The van der Waals surface area contributed by atoms with E-state index in [0.29, 0.717) is 35.4 Å². The first-order valence-electron chi connectivity index (χ1n) is 13.3. The minimum absolute atomic E-state index is 0.000284. The number of nitrogens with zero attached hydrogens (tertiary/aromatic N) is 4. The monoisotopic (exact) mass is 491 g/mol. The zero-order valence-electron chi connectivity index (χ0n) is 22.2. The van der Waals surface area contributed by atoms with E-state index in [2.05, 4.69) is 28.9 Å². The van der Waals surface area contributed by atoms with Crippen molar-refractivity contribution in [1.29, 1.82) is 0 Å². The minimum atomic E-state index is -0.117. The maximum atomic E-state index is 13.5. The van der Waals surface area contributed by atoms with Gasteiger partial charge >= 0.3 is 0 Å². The van der Waals surface area contributed by atoms with E-state index in [9.17, 15) is 4.79 Å². The van der Waals surface area contributed by atoms with E-state index < -0.39 is 0 Å². The van der Waals surface area contributed by atoms with Crippen molar-refractivity contribution in [3.8, 4) is 11.3 Å². The minimum Gasteiger partial charge on any atom is -0.409 e. The van der Waals surface area contributed by atoms with Crippen molar-refractivity contribution in [3.05, 3.63) is 64.4 Å². The Morgan fingerprint density at radius 2 is 1.72 bits per heavy atom. The van der Waals surface area contributed by atoms with Crippen LogP contribution in [0.25, 0.3) is 22.3 Å². The molecule has 1 saturated heterocycles. The summed E-state index contributed by atoms with van der Waals surface area (Å²) in [6.45, 7) is 10.5. The average Bonchev–Trinajstić information content (AvgIpc) is 2.91. The zero-order chi connectivity index (χ0) is 26.1. The summed E-state index contributed by atoms with van der Waals surface area (Å²) >= 11 is 0. The molecule has 4 rings (SSSR count). The molecular weight excluding hydrogens is 450 g/mol. The van der Waals surface area contributed by atoms with Gasteiger partial charge in [0.1, 0.15) is 5.69 Å². The lowest BCUT2D eigenvalue weighted by atomic mass is 9.97. The molecule has 2 heterocycles. The highest BCUT2D eigenvalue weighted by molar-refractivity contribution is 5.98. The molecule has 2 atom stereocenters. The van der Waals surface area contributed by atoms with Crippen molar-refractivity contribution < 1.29 is 5.21 Å². The molecule has 1 aliphatic heterocycles. The molecular formula is C29H41N5O2. The van der Waals surface area contributed by atoms with Crippen molar-refractivity contribution in [1.82, 2.24) is 14.5 Å². The molecule has 7 heteroatoms. The van der Waals surface area contributed by atoms with Gasteiger partial charge in [-0.2, -0.15) is 0 Å². The van der Waals surface area contributed by atoms with Crippen LogP contribution in [0.2, 0.25) is 0 Å². The van der Waals surface area contributed by atoms with Crippen LogP contribution < -0.4 is 11.3 Å². The van der Waals surface area contributed by atoms with Gasteiger partial charge in [0.2, 0.25) is 0 Å². The molecule has 2 aromatic carbocycles. The van der Waals surface area contributed by atoms with Gasteiger partial charge in [0.15, 0.2) is 5.84 Å². The lowest BCUT2D eigenvalue weighted by Gasteiger charge is -2.39. The Morgan fingerprint density at radius 3 is 2.44 bits per heavy atom. The van der Waals surface area contributed by atoms with Gasteiger partial charge in [-0.3, -0.25) is 9.69 Å². The number of amidine groups is 1. The SMILES string of the molecule is CC.CC1CCCC(C)N1CCCCCn1c(=O)c(-c2cccc(/C(N)=N\O)c2)nc2ccccc21. The second-order valence-electron chi connectivity index (χ2n) is 9.40. The molecule has 0 radical (unpaired) electrons. The third-order valence-corrected chi connectivity index (χ3v) is 7.07. The Bertz CT molecular complexity index is 1210. The lowest BCUT2D eigenvalue weighted by molar-refractivity contribution is 0.101. The van der Waals surface area contributed by atoms with Crippen LogP contribution in [0.15, 0.2) is 58.5 Å². The molecule has 7 nitrogen and oxygen atoms in total. The van der Waals surface area contributed by atoms with Crippen LogP contribution in [0.3, 0.4) is 0 Å². The summed E-state index contributed by atoms with van der Waals surface area (Å²) < 4.78 is 1.85. The highest BCUT2D eigenvalue weighted by atomic mass is 16.4. The van der Waals surface area contributed by atoms with Crippen LogP contribution in [0.5, 0.6) is 0 Å². The Balaban J connectivity index is 0.00000176. The molecule has 1 aliphatic rings. The molecule has 2 unspecified atom stereocenters. The Morgan fingerprint density at radius 1 is 1.03 bits per heavy atom. The first-order chi connectivity index (χ1) is 17.5. The van der Waals surface area contributed by atoms with Crippen molar-refractivity contribution in [2.45, 2.75) is 84.8 Å². The molecule has 3 aromatic rings. The van der Waals surface area contributed by atoms with E-state index >= 15 is 0 Å². The highest BCUT2D eigenvalue weighted by Gasteiger charge is 2.23. The van der Waals surface area contributed by atoms with Gasteiger partial charge in [-0.25, -0.2) is 4.98 Å². The summed E-state index contributed by atoms with van der Waals surface area (Å²) in [6, 6.07) is 16.2. The smallest absolute Gasteiger partial charge is 0.277 e. The molecule has 1 fully saturated rings. The molecule has 0 amide bonds. The van der Waals surface area contributed by atoms with E-state index in [1.807, 2.05) is 48.7 Å².